The van der Waals surface area contributed by atoms with Gasteiger partial charge in [0.25, 0.3) is 0 Å². The highest BCUT2D eigenvalue weighted by Crippen LogP contribution is 2.18. The van der Waals surface area contributed by atoms with E-state index in [2.05, 4.69) is 0 Å². The Morgan fingerprint density at radius 3 is 2.82 bits per heavy atom. The number of para-hydroxylation sites is 1. The molecule has 92 valence electrons. The van der Waals surface area contributed by atoms with Crippen LogP contribution in [-0.4, -0.2) is 37.3 Å². The van der Waals surface area contributed by atoms with Crippen LogP contribution in [0.1, 0.15) is 12.8 Å². The quantitative estimate of drug-likeness (QED) is 0.789. The topological polar surface area (TPSA) is 38.8 Å². The van der Waals surface area contributed by atoms with Gasteiger partial charge in [0.05, 0.1) is 13.7 Å². The van der Waals surface area contributed by atoms with Gasteiger partial charge >= 0.3 is 6.09 Å². The molecule has 1 aromatic carbocycles. The Balaban J connectivity index is 1.92. The number of benzene rings is 1. The van der Waals surface area contributed by atoms with E-state index in [4.69, 9.17) is 9.47 Å². The van der Waals surface area contributed by atoms with Crippen LogP contribution in [0.2, 0.25) is 0 Å². The van der Waals surface area contributed by atoms with E-state index in [9.17, 15) is 4.79 Å². The maximum atomic E-state index is 11.4. The van der Waals surface area contributed by atoms with E-state index in [0.717, 1.165) is 25.1 Å². The maximum Gasteiger partial charge on any atom is 0.409 e. The van der Waals surface area contributed by atoms with Gasteiger partial charge in [0.1, 0.15) is 11.9 Å². The van der Waals surface area contributed by atoms with Gasteiger partial charge < -0.3 is 14.4 Å². The summed E-state index contributed by atoms with van der Waals surface area (Å²) in [6.07, 6.45) is 1.71. The Hall–Kier alpha value is -1.71. The Kier molecular flexibility index (Phi) is 3.85. The first-order valence-corrected chi connectivity index (χ1v) is 5.84. The molecular weight excluding hydrogens is 218 g/mol. The van der Waals surface area contributed by atoms with E-state index in [0.29, 0.717) is 6.54 Å². The summed E-state index contributed by atoms with van der Waals surface area (Å²) in [5.74, 6) is 0.851. The lowest BCUT2D eigenvalue weighted by Crippen LogP contribution is -2.44. The van der Waals surface area contributed by atoms with Crippen molar-refractivity contribution in [1.82, 2.24) is 4.90 Å². The normalized spacial score (nSPS) is 19.8. The summed E-state index contributed by atoms with van der Waals surface area (Å²) in [6.45, 7) is 1.35. The summed E-state index contributed by atoms with van der Waals surface area (Å²) in [6, 6.07) is 9.69. The van der Waals surface area contributed by atoms with E-state index in [1.807, 2.05) is 30.3 Å². The number of amides is 1. The Morgan fingerprint density at radius 1 is 1.35 bits per heavy atom. The molecule has 1 amide bonds. The summed E-state index contributed by atoms with van der Waals surface area (Å²) in [5.41, 5.74) is 0. The smallest absolute Gasteiger partial charge is 0.409 e. The molecule has 4 nitrogen and oxygen atoms in total. The van der Waals surface area contributed by atoms with Crippen LogP contribution < -0.4 is 4.74 Å². The van der Waals surface area contributed by atoms with Crippen molar-refractivity contribution < 1.29 is 14.3 Å². The number of hydrogen-bond acceptors (Lipinski definition) is 3. The summed E-state index contributed by atoms with van der Waals surface area (Å²) in [5, 5.41) is 0. The molecule has 1 aromatic rings. The molecule has 0 N–H and O–H groups in total. The molecule has 0 aliphatic carbocycles. The first-order chi connectivity index (χ1) is 8.29. The second-order valence-corrected chi connectivity index (χ2v) is 4.11. The van der Waals surface area contributed by atoms with Gasteiger partial charge in [-0.1, -0.05) is 18.2 Å². The van der Waals surface area contributed by atoms with Crippen LogP contribution in [0.5, 0.6) is 5.75 Å². The fourth-order valence-electron chi connectivity index (χ4n) is 2.02. The molecule has 17 heavy (non-hydrogen) atoms. The lowest BCUT2D eigenvalue weighted by Gasteiger charge is -2.31. The van der Waals surface area contributed by atoms with Crippen LogP contribution in [0.3, 0.4) is 0 Å². The lowest BCUT2D eigenvalue weighted by molar-refractivity contribution is 0.0694. The van der Waals surface area contributed by atoms with Gasteiger partial charge in [-0.25, -0.2) is 4.79 Å². The number of carbonyl (C=O) groups excluding carboxylic acids is 1. The third-order valence-electron chi connectivity index (χ3n) is 2.86. The zero-order valence-corrected chi connectivity index (χ0v) is 9.96. The number of piperidine rings is 1. The third kappa shape index (κ3) is 3.12. The molecule has 0 radical (unpaired) electrons. The van der Waals surface area contributed by atoms with Crippen molar-refractivity contribution in [3.05, 3.63) is 30.3 Å². The van der Waals surface area contributed by atoms with Gasteiger partial charge in [0.15, 0.2) is 0 Å². The number of ether oxygens (including phenoxy) is 2. The van der Waals surface area contributed by atoms with E-state index >= 15 is 0 Å². The molecule has 0 bridgehead atoms. The Morgan fingerprint density at radius 2 is 2.12 bits per heavy atom. The van der Waals surface area contributed by atoms with Crippen molar-refractivity contribution in [3.8, 4) is 5.75 Å². The second kappa shape index (κ2) is 5.57. The van der Waals surface area contributed by atoms with Crippen molar-refractivity contribution in [2.45, 2.75) is 18.9 Å². The van der Waals surface area contributed by atoms with Gasteiger partial charge in [-0.05, 0) is 25.0 Å². The molecule has 1 atom stereocenters. The minimum Gasteiger partial charge on any atom is -0.489 e. The predicted molar refractivity (Wildman–Crippen MR) is 64.1 cm³/mol. The standard InChI is InChI=1S/C13H17NO3/c1-16-13(15)14-9-5-8-12(10-14)17-11-6-3-2-4-7-11/h2-4,6-7,12H,5,8-10H2,1H3. The number of hydrogen-bond donors (Lipinski definition) is 0. The highest BCUT2D eigenvalue weighted by Gasteiger charge is 2.25. The van der Waals surface area contributed by atoms with Crippen molar-refractivity contribution >= 4 is 6.09 Å². The van der Waals surface area contributed by atoms with Gasteiger partial charge in [-0.3, -0.25) is 0 Å². The lowest BCUT2D eigenvalue weighted by atomic mass is 10.1. The molecule has 1 heterocycles. The zero-order chi connectivity index (χ0) is 12.1. The molecule has 0 aromatic heterocycles. The van der Waals surface area contributed by atoms with Crippen molar-refractivity contribution in [2.75, 3.05) is 20.2 Å². The summed E-state index contributed by atoms with van der Waals surface area (Å²) in [7, 11) is 1.41. The monoisotopic (exact) mass is 235 g/mol. The largest absolute Gasteiger partial charge is 0.489 e. The molecule has 4 heteroatoms. The minimum atomic E-state index is -0.272. The maximum absolute atomic E-state index is 11.4. The number of methoxy groups -OCH3 is 1. The number of rotatable bonds is 2. The van der Waals surface area contributed by atoms with Crippen molar-refractivity contribution in [1.29, 1.82) is 0 Å². The second-order valence-electron chi connectivity index (χ2n) is 4.11. The van der Waals surface area contributed by atoms with Crippen molar-refractivity contribution in [2.24, 2.45) is 0 Å². The predicted octanol–water partition coefficient (Wildman–Crippen LogP) is 2.30. The van der Waals surface area contributed by atoms with Crippen molar-refractivity contribution in [3.63, 3.8) is 0 Å². The summed E-state index contributed by atoms with van der Waals surface area (Å²) < 4.78 is 10.6. The van der Waals surface area contributed by atoms with E-state index < -0.39 is 0 Å². The molecule has 1 saturated heterocycles. The highest BCUT2D eigenvalue weighted by atomic mass is 16.5. The molecule has 0 saturated carbocycles. The van der Waals surface area contributed by atoms with Gasteiger partial charge in [-0.2, -0.15) is 0 Å². The number of carbonyl (C=O) groups is 1. The first-order valence-electron chi connectivity index (χ1n) is 5.84. The molecular formula is C13H17NO3. The Labute approximate surface area is 101 Å². The van der Waals surface area contributed by atoms with E-state index in [-0.39, 0.29) is 12.2 Å². The van der Waals surface area contributed by atoms with E-state index in [1.54, 1.807) is 4.90 Å². The highest BCUT2D eigenvalue weighted by molar-refractivity contribution is 5.67. The fraction of sp³-hybridized carbons (Fsp3) is 0.462. The van der Waals surface area contributed by atoms with Crippen LogP contribution in [0.4, 0.5) is 4.79 Å². The molecule has 0 spiro atoms. The number of nitrogens with zero attached hydrogens (tertiary/aromatic N) is 1. The minimum absolute atomic E-state index is 0.0604. The average Bonchev–Trinajstić information content (AvgIpc) is 2.39. The summed E-state index contributed by atoms with van der Waals surface area (Å²) >= 11 is 0. The van der Waals surface area contributed by atoms with Crippen LogP contribution in [0.15, 0.2) is 30.3 Å². The van der Waals surface area contributed by atoms with Crippen LogP contribution in [0.25, 0.3) is 0 Å². The van der Waals surface area contributed by atoms with Gasteiger partial charge in [0.2, 0.25) is 0 Å². The molecule has 1 aliphatic rings. The zero-order valence-electron chi connectivity index (χ0n) is 9.96. The molecule has 1 unspecified atom stereocenters. The van der Waals surface area contributed by atoms with Crippen LogP contribution in [0, 0.1) is 0 Å². The van der Waals surface area contributed by atoms with Gasteiger partial charge in [-0.15, -0.1) is 0 Å². The first kappa shape index (κ1) is 11.8. The summed E-state index contributed by atoms with van der Waals surface area (Å²) in [4.78, 5) is 13.1. The molecule has 1 fully saturated rings. The Bertz CT molecular complexity index is 366. The SMILES string of the molecule is COC(=O)N1CCCC(Oc2ccccc2)C1. The average molecular weight is 235 g/mol. The number of likely N-dealkylation sites (tertiary alicyclic amines) is 1. The van der Waals surface area contributed by atoms with Gasteiger partial charge in [0, 0.05) is 6.54 Å². The molecule has 2 rings (SSSR count). The molecule has 1 aliphatic heterocycles. The van der Waals surface area contributed by atoms with Crippen LogP contribution in [-0.2, 0) is 4.74 Å². The third-order valence-corrected chi connectivity index (χ3v) is 2.86. The van der Waals surface area contributed by atoms with E-state index in [1.165, 1.54) is 7.11 Å². The fourth-order valence-corrected chi connectivity index (χ4v) is 2.02. The van der Waals surface area contributed by atoms with Crippen LogP contribution >= 0.6 is 0 Å².